The van der Waals surface area contributed by atoms with Gasteiger partial charge >= 0.3 is 0 Å². The van der Waals surface area contributed by atoms with Gasteiger partial charge in [-0.3, -0.25) is 9.13 Å². The van der Waals surface area contributed by atoms with E-state index in [1.807, 2.05) is 0 Å². The summed E-state index contributed by atoms with van der Waals surface area (Å²) in [6.45, 7) is 6.69. The summed E-state index contributed by atoms with van der Waals surface area (Å²) in [6, 6.07) is 0. The molecule has 0 spiro atoms. The molecule has 0 aromatic rings. The maximum absolute atomic E-state index is 10.4. The van der Waals surface area contributed by atoms with Crippen LogP contribution in [0, 0.1) is 0 Å². The van der Waals surface area contributed by atoms with E-state index in [0.717, 1.165) is 0 Å². The van der Waals surface area contributed by atoms with E-state index in [1.54, 1.807) is 40.9 Å². The van der Waals surface area contributed by atoms with E-state index in [1.165, 1.54) is 14.2 Å². The lowest BCUT2D eigenvalue weighted by Gasteiger charge is -1.98. The zero-order valence-corrected chi connectivity index (χ0v) is 13.8. The summed E-state index contributed by atoms with van der Waals surface area (Å²) in [5, 5.41) is 0. The number of methoxy groups -OCH3 is 2. The molecule has 0 saturated carbocycles. The van der Waals surface area contributed by atoms with Crippen LogP contribution in [0.3, 0.4) is 0 Å². The molecule has 8 heteroatoms. The van der Waals surface area contributed by atoms with Gasteiger partial charge in [0.15, 0.2) is 14.7 Å². The van der Waals surface area contributed by atoms with Crippen molar-refractivity contribution in [1.82, 2.24) is 0 Å². The van der Waals surface area contributed by atoms with Crippen molar-refractivity contribution in [3.8, 4) is 0 Å². The van der Waals surface area contributed by atoms with Gasteiger partial charge in [0, 0.05) is 55.1 Å². The monoisotopic (exact) mass is 292 g/mol. The summed E-state index contributed by atoms with van der Waals surface area (Å²) in [5.41, 5.74) is 0. The molecule has 0 heterocycles. The molecule has 0 radical (unpaired) electrons. The molecule has 0 aromatic carbocycles. The molecule has 0 aliphatic heterocycles. The fourth-order valence-corrected chi connectivity index (χ4v) is 0.118. The third kappa shape index (κ3) is 48.4. The first-order valence-electron chi connectivity index (χ1n) is 4.73. The Bertz CT molecular complexity index is 208. The highest BCUT2D eigenvalue weighted by Gasteiger charge is 1.99. The highest BCUT2D eigenvalue weighted by Crippen LogP contribution is 2.35. The van der Waals surface area contributed by atoms with Crippen molar-refractivity contribution in [2.24, 2.45) is 0 Å². The molecule has 0 aliphatic carbocycles. The normalized spacial score (nSPS) is 10.8. The average molecular weight is 292 g/mol. The molecule has 0 aliphatic rings. The Hall–Kier alpha value is 0.300. The molecule has 0 unspecified atom stereocenters. The van der Waals surface area contributed by atoms with Crippen molar-refractivity contribution in [2.45, 2.75) is 0 Å². The van der Waals surface area contributed by atoms with E-state index in [9.17, 15) is 9.13 Å². The van der Waals surface area contributed by atoms with Gasteiger partial charge in [0.25, 0.3) is 0 Å². The lowest BCUT2D eigenvalue weighted by molar-refractivity contribution is -0.00272. The Morgan fingerprint density at radius 2 is 0.882 bits per heavy atom. The van der Waals surface area contributed by atoms with Crippen LogP contribution in [0.15, 0.2) is 0 Å². The minimum Gasteiger partial charge on any atom is -0.359 e. The third-order valence-corrected chi connectivity index (χ3v) is 2.87. The fourth-order valence-electron chi connectivity index (χ4n) is 0.118. The molecule has 0 fully saturated rings. The van der Waals surface area contributed by atoms with Gasteiger partial charge in [0.2, 0.25) is 0 Å². The summed E-state index contributed by atoms with van der Waals surface area (Å²) in [7, 11) is 1.77. The van der Waals surface area contributed by atoms with Crippen molar-refractivity contribution in [3.63, 3.8) is 0 Å². The highest BCUT2D eigenvalue weighted by molar-refractivity contribution is 7.57. The van der Waals surface area contributed by atoms with Gasteiger partial charge in [-0.15, -0.1) is 0 Å². The Morgan fingerprint density at radius 3 is 0.882 bits per heavy atom. The van der Waals surface area contributed by atoms with Gasteiger partial charge in [0.05, 0.1) is 0 Å². The van der Waals surface area contributed by atoms with Gasteiger partial charge in [0.1, 0.15) is 6.79 Å². The number of hydrogen-bond acceptors (Lipinski definition) is 6. The maximum atomic E-state index is 10.4. The molecule has 0 N–H and O–H groups in total. The van der Waals surface area contributed by atoms with Gasteiger partial charge in [-0.1, -0.05) is 0 Å². The highest BCUT2D eigenvalue weighted by atomic mass is 31.2. The number of rotatable bonds is 4. The van der Waals surface area contributed by atoms with Gasteiger partial charge in [-0.2, -0.15) is 0 Å². The molecule has 0 saturated heterocycles. The van der Waals surface area contributed by atoms with Gasteiger partial charge in [-0.25, -0.2) is 0 Å². The predicted octanol–water partition coefficient (Wildman–Crippen LogP) is 2.58. The van der Waals surface area contributed by atoms with Crippen LogP contribution in [0.4, 0.5) is 0 Å². The zero-order valence-electron chi connectivity index (χ0n) is 12.1. The van der Waals surface area contributed by atoms with Crippen LogP contribution in [-0.4, -0.2) is 61.9 Å². The second-order valence-electron chi connectivity index (χ2n) is 3.56. The fraction of sp³-hybridized carbons (Fsp3) is 1.00. The van der Waals surface area contributed by atoms with Crippen LogP contribution in [-0.2, 0) is 27.7 Å². The van der Waals surface area contributed by atoms with E-state index >= 15 is 0 Å². The first kappa shape index (κ1) is 22.5. The van der Waals surface area contributed by atoms with Crippen molar-refractivity contribution in [2.75, 3.05) is 61.9 Å². The van der Waals surface area contributed by atoms with E-state index in [-0.39, 0.29) is 0 Å². The molecule has 0 rings (SSSR count). The van der Waals surface area contributed by atoms with E-state index < -0.39 is 14.7 Å². The molecule has 6 nitrogen and oxygen atoms in total. The first-order valence-corrected chi connectivity index (χ1v) is 9.77. The zero-order chi connectivity index (χ0) is 14.5. The van der Waals surface area contributed by atoms with Crippen molar-refractivity contribution >= 4 is 14.7 Å². The van der Waals surface area contributed by atoms with Crippen LogP contribution < -0.4 is 0 Å². The lowest BCUT2D eigenvalue weighted by Crippen LogP contribution is -1.87. The standard InChI is InChI=1S/2C3H9O2P.C3H8O2/c2*1-5-6(2,3)4;1-4-3-5-2/h2*1-3H3;3H2,1-2H3. The second kappa shape index (κ2) is 12.7. The minimum atomic E-state index is -2.15. The summed E-state index contributed by atoms with van der Waals surface area (Å²) < 4.78 is 38.6. The van der Waals surface area contributed by atoms with Gasteiger partial charge < -0.3 is 18.5 Å². The molecule has 108 valence electrons. The smallest absolute Gasteiger partial charge is 0.196 e. The largest absolute Gasteiger partial charge is 0.359 e. The predicted molar refractivity (Wildman–Crippen MR) is 71.8 cm³/mol. The van der Waals surface area contributed by atoms with E-state index in [0.29, 0.717) is 6.79 Å². The van der Waals surface area contributed by atoms with Crippen LogP contribution >= 0.6 is 14.7 Å². The minimum absolute atomic E-state index is 0.389. The van der Waals surface area contributed by atoms with Crippen LogP contribution in [0.5, 0.6) is 0 Å². The van der Waals surface area contributed by atoms with Crippen molar-refractivity contribution < 1.29 is 27.7 Å². The van der Waals surface area contributed by atoms with E-state index in [4.69, 9.17) is 0 Å². The Labute approximate surface area is 105 Å². The Balaban J connectivity index is -0.000000174. The molecule has 0 bridgehead atoms. The van der Waals surface area contributed by atoms with Crippen LogP contribution in [0.25, 0.3) is 0 Å². The van der Waals surface area contributed by atoms with Crippen molar-refractivity contribution in [1.29, 1.82) is 0 Å². The Kier molecular flexibility index (Phi) is 16.9. The first-order chi connectivity index (χ1) is 7.54. The molecular formula is C9H26O6P2. The maximum Gasteiger partial charge on any atom is 0.196 e. The van der Waals surface area contributed by atoms with Crippen LogP contribution in [0.2, 0.25) is 0 Å². The summed E-state index contributed by atoms with van der Waals surface area (Å²) >= 11 is 0. The number of ether oxygens (including phenoxy) is 2. The van der Waals surface area contributed by atoms with Crippen molar-refractivity contribution in [3.05, 3.63) is 0 Å². The molecule has 0 aromatic heterocycles. The quantitative estimate of drug-likeness (QED) is 0.586. The van der Waals surface area contributed by atoms with E-state index in [2.05, 4.69) is 18.5 Å². The van der Waals surface area contributed by atoms with Gasteiger partial charge in [-0.05, 0) is 0 Å². The molecule has 0 atom stereocenters. The molecule has 17 heavy (non-hydrogen) atoms. The third-order valence-electron chi connectivity index (χ3n) is 1.12. The number of hydrogen-bond donors (Lipinski definition) is 0. The molecular weight excluding hydrogens is 266 g/mol. The summed E-state index contributed by atoms with van der Waals surface area (Å²) in [5.74, 6) is 0. The Morgan fingerprint density at radius 1 is 0.706 bits per heavy atom. The lowest BCUT2D eigenvalue weighted by atomic mass is 11.4. The topological polar surface area (TPSA) is 71.1 Å². The summed E-state index contributed by atoms with van der Waals surface area (Å²) in [6.07, 6.45) is 0. The SMILES string of the molecule is COCOC.COP(C)(C)=O.COP(C)(C)=O. The van der Waals surface area contributed by atoms with Crippen LogP contribution in [0.1, 0.15) is 0 Å². The second-order valence-corrected chi connectivity index (χ2v) is 9.30. The summed E-state index contributed by atoms with van der Waals surface area (Å²) in [4.78, 5) is 0. The average Bonchev–Trinajstić information content (AvgIpc) is 2.19. The molecule has 0 amide bonds.